The second-order valence-electron chi connectivity index (χ2n) is 7.67. The van der Waals surface area contributed by atoms with Gasteiger partial charge in [-0.25, -0.2) is 4.39 Å². The maximum absolute atomic E-state index is 14.2. The molecule has 1 spiro atoms. The van der Waals surface area contributed by atoms with Crippen LogP contribution in [0.5, 0.6) is 0 Å². The summed E-state index contributed by atoms with van der Waals surface area (Å²) in [4.78, 5) is 28.9. The molecule has 2 heterocycles. The Labute approximate surface area is 168 Å². The first-order valence-electron chi connectivity index (χ1n) is 9.54. The van der Waals surface area contributed by atoms with E-state index in [1.54, 1.807) is 15.9 Å². The summed E-state index contributed by atoms with van der Waals surface area (Å²) in [5, 5.41) is 0. The lowest BCUT2D eigenvalue weighted by molar-refractivity contribution is -0.140. The van der Waals surface area contributed by atoms with E-state index in [4.69, 9.17) is 0 Å². The molecular weight excluding hydrogens is 375 g/mol. The predicted molar refractivity (Wildman–Crippen MR) is 109 cm³/mol. The Morgan fingerprint density at radius 2 is 1.96 bits per heavy atom. The lowest BCUT2D eigenvalue weighted by Crippen LogP contribution is -2.50. The van der Waals surface area contributed by atoms with Gasteiger partial charge in [0.1, 0.15) is 5.82 Å². The number of nitrogens with zero attached hydrogens (tertiary/aromatic N) is 2. The number of hydrogen-bond donors (Lipinski definition) is 0. The van der Waals surface area contributed by atoms with Crippen LogP contribution < -0.4 is 4.90 Å². The summed E-state index contributed by atoms with van der Waals surface area (Å²) in [5.41, 5.74) is 2.27. The highest BCUT2D eigenvalue weighted by Crippen LogP contribution is 2.54. The van der Waals surface area contributed by atoms with Gasteiger partial charge in [-0.2, -0.15) is 0 Å². The largest absolute Gasteiger partial charge is 0.315 e. The molecule has 4 nitrogen and oxygen atoms in total. The van der Waals surface area contributed by atoms with E-state index in [0.29, 0.717) is 36.5 Å². The molecule has 28 heavy (non-hydrogen) atoms. The van der Waals surface area contributed by atoms with Gasteiger partial charge in [-0.05, 0) is 29.7 Å². The molecule has 1 unspecified atom stereocenters. The first-order chi connectivity index (χ1) is 13.4. The van der Waals surface area contributed by atoms with E-state index in [1.807, 2.05) is 44.2 Å². The monoisotopic (exact) mass is 398 g/mol. The fraction of sp³-hybridized carbons (Fsp3) is 0.364. The molecule has 0 aliphatic carbocycles. The smallest absolute Gasteiger partial charge is 0.268 e. The number of rotatable bonds is 4. The zero-order chi connectivity index (χ0) is 19.9. The van der Waals surface area contributed by atoms with Crippen LogP contribution in [0.4, 0.5) is 10.1 Å². The fourth-order valence-electron chi connectivity index (χ4n) is 4.03. The summed E-state index contributed by atoms with van der Waals surface area (Å²) < 4.78 is 14.2. The number of thioether (sulfide) groups is 1. The van der Waals surface area contributed by atoms with Crippen molar-refractivity contribution in [2.75, 3.05) is 17.2 Å². The highest BCUT2D eigenvalue weighted by atomic mass is 32.2. The van der Waals surface area contributed by atoms with Crippen molar-refractivity contribution in [1.29, 1.82) is 0 Å². The van der Waals surface area contributed by atoms with Crippen LogP contribution in [0.15, 0.2) is 48.5 Å². The van der Waals surface area contributed by atoms with Gasteiger partial charge in [0.15, 0.2) is 4.87 Å². The molecule has 2 aliphatic heterocycles. The molecule has 0 saturated carbocycles. The van der Waals surface area contributed by atoms with Gasteiger partial charge in [0.2, 0.25) is 5.91 Å². The summed E-state index contributed by atoms with van der Waals surface area (Å²) in [6.45, 7) is 4.86. The number of fused-ring (bicyclic) bond motifs is 2. The molecule has 1 atom stereocenters. The lowest BCUT2D eigenvalue weighted by atomic mass is 10.0. The van der Waals surface area contributed by atoms with Crippen LogP contribution in [0.25, 0.3) is 0 Å². The number of carbonyl (C=O) groups excluding carboxylic acids is 2. The number of halogens is 1. The Bertz CT molecular complexity index is 918. The van der Waals surface area contributed by atoms with E-state index in [9.17, 15) is 14.0 Å². The van der Waals surface area contributed by atoms with Crippen LogP contribution in [0, 0.1) is 11.7 Å². The molecule has 0 bridgehead atoms. The maximum atomic E-state index is 14.2. The van der Waals surface area contributed by atoms with E-state index in [1.165, 1.54) is 23.9 Å². The van der Waals surface area contributed by atoms with Crippen molar-refractivity contribution < 1.29 is 14.0 Å². The second kappa shape index (κ2) is 7.24. The highest BCUT2D eigenvalue weighted by Gasteiger charge is 2.59. The average Bonchev–Trinajstić information content (AvgIpc) is 3.20. The summed E-state index contributed by atoms with van der Waals surface area (Å²) in [6, 6.07) is 14.2. The van der Waals surface area contributed by atoms with Crippen LogP contribution in [-0.4, -0.2) is 29.0 Å². The third kappa shape index (κ3) is 3.00. The highest BCUT2D eigenvalue weighted by molar-refractivity contribution is 8.01. The van der Waals surface area contributed by atoms with Crippen LogP contribution in [0.2, 0.25) is 0 Å². The van der Waals surface area contributed by atoms with Crippen LogP contribution in [-0.2, 0) is 21.0 Å². The molecule has 2 aromatic rings. The molecular formula is C22H23FN2O2S. The summed E-state index contributed by atoms with van der Waals surface area (Å²) >= 11 is 1.44. The van der Waals surface area contributed by atoms with Crippen molar-refractivity contribution >= 4 is 29.3 Å². The second-order valence-corrected chi connectivity index (χ2v) is 8.96. The van der Waals surface area contributed by atoms with Crippen molar-refractivity contribution in [1.82, 2.24) is 4.90 Å². The first-order valence-corrected chi connectivity index (χ1v) is 10.5. The zero-order valence-corrected chi connectivity index (χ0v) is 16.8. The normalized spacial score (nSPS) is 21.1. The standard InChI is InChI=1S/C22H23FN2O2S/c1-15(2)12-20(26)25-10-11-28-22(25)18-13-17(23)8-9-19(18)24(21(22)27)14-16-6-4-3-5-7-16/h3-9,13,15H,10-12,14H2,1-2H3. The Hall–Kier alpha value is -2.34. The van der Waals surface area contributed by atoms with Gasteiger partial charge in [0.25, 0.3) is 5.91 Å². The Morgan fingerprint density at radius 1 is 1.21 bits per heavy atom. The minimum atomic E-state index is -1.15. The zero-order valence-electron chi connectivity index (χ0n) is 16.0. The Balaban J connectivity index is 1.79. The minimum Gasteiger partial charge on any atom is -0.315 e. The van der Waals surface area contributed by atoms with Gasteiger partial charge in [-0.3, -0.25) is 9.59 Å². The maximum Gasteiger partial charge on any atom is 0.268 e. The molecule has 0 radical (unpaired) electrons. The van der Waals surface area contributed by atoms with Crippen molar-refractivity contribution in [3.8, 4) is 0 Å². The van der Waals surface area contributed by atoms with Crippen molar-refractivity contribution in [2.45, 2.75) is 31.7 Å². The lowest BCUT2D eigenvalue weighted by Gasteiger charge is -2.33. The number of carbonyl (C=O) groups is 2. The first kappa shape index (κ1) is 19.0. The number of amides is 2. The molecule has 1 fully saturated rings. The van der Waals surface area contributed by atoms with E-state index < -0.39 is 10.7 Å². The molecule has 146 valence electrons. The molecule has 2 aromatic carbocycles. The van der Waals surface area contributed by atoms with E-state index in [2.05, 4.69) is 0 Å². The Kier molecular flexibility index (Phi) is 4.91. The minimum absolute atomic E-state index is 0.0508. The van der Waals surface area contributed by atoms with Gasteiger partial charge >= 0.3 is 0 Å². The summed E-state index contributed by atoms with van der Waals surface area (Å²) in [7, 11) is 0. The molecule has 2 amide bonds. The van der Waals surface area contributed by atoms with E-state index in [0.717, 1.165) is 5.56 Å². The molecule has 6 heteroatoms. The fourth-order valence-corrected chi connectivity index (χ4v) is 5.50. The molecule has 0 aromatic heterocycles. The number of hydrogen-bond acceptors (Lipinski definition) is 3. The number of anilines is 1. The predicted octanol–water partition coefficient (Wildman–Crippen LogP) is 4.15. The van der Waals surface area contributed by atoms with Gasteiger partial charge in [-0.1, -0.05) is 44.2 Å². The molecule has 1 saturated heterocycles. The Morgan fingerprint density at radius 3 is 2.68 bits per heavy atom. The van der Waals surface area contributed by atoms with Crippen LogP contribution in [0.1, 0.15) is 31.4 Å². The van der Waals surface area contributed by atoms with Crippen LogP contribution >= 0.6 is 11.8 Å². The van der Waals surface area contributed by atoms with Gasteiger partial charge in [0, 0.05) is 24.3 Å². The van der Waals surface area contributed by atoms with Crippen molar-refractivity contribution in [2.24, 2.45) is 5.92 Å². The van der Waals surface area contributed by atoms with Gasteiger partial charge < -0.3 is 9.80 Å². The quantitative estimate of drug-likeness (QED) is 0.777. The average molecular weight is 399 g/mol. The third-order valence-electron chi connectivity index (χ3n) is 5.22. The molecule has 2 aliphatic rings. The summed E-state index contributed by atoms with van der Waals surface area (Å²) in [6.07, 6.45) is 0.374. The van der Waals surface area contributed by atoms with Gasteiger partial charge in [-0.15, -0.1) is 11.8 Å². The van der Waals surface area contributed by atoms with E-state index in [-0.39, 0.29) is 17.7 Å². The van der Waals surface area contributed by atoms with Crippen LogP contribution in [0.3, 0.4) is 0 Å². The topological polar surface area (TPSA) is 40.6 Å². The van der Waals surface area contributed by atoms with Gasteiger partial charge in [0.05, 0.1) is 12.2 Å². The molecule has 0 N–H and O–H groups in total. The summed E-state index contributed by atoms with van der Waals surface area (Å²) in [5.74, 6) is 0.252. The van der Waals surface area contributed by atoms with Crippen molar-refractivity contribution in [3.63, 3.8) is 0 Å². The third-order valence-corrected chi connectivity index (χ3v) is 6.64. The van der Waals surface area contributed by atoms with Crippen molar-refractivity contribution in [3.05, 3.63) is 65.5 Å². The number of benzene rings is 2. The van der Waals surface area contributed by atoms with E-state index >= 15 is 0 Å². The SMILES string of the molecule is CC(C)CC(=O)N1CCSC12C(=O)N(Cc1ccccc1)c1ccc(F)cc12. The molecule has 4 rings (SSSR count).